The fraction of sp³-hybridized carbons (Fsp3) is 0.267. The Labute approximate surface area is 126 Å². The molecule has 1 heterocycles. The van der Waals surface area contributed by atoms with Crippen molar-refractivity contribution in [3.63, 3.8) is 0 Å². The Hall–Kier alpha value is -1.52. The molecule has 1 atom stereocenters. The molecule has 0 aliphatic rings. The van der Waals surface area contributed by atoms with Gasteiger partial charge in [0.15, 0.2) is 0 Å². The second-order valence-corrected chi connectivity index (χ2v) is 5.69. The van der Waals surface area contributed by atoms with Crippen molar-refractivity contribution in [3.8, 4) is 5.75 Å². The van der Waals surface area contributed by atoms with E-state index in [2.05, 4.69) is 0 Å². The molecule has 0 amide bonds. The number of carboxylic acids is 1. The first-order valence-electron chi connectivity index (χ1n) is 6.29. The van der Waals surface area contributed by atoms with Gasteiger partial charge in [0.2, 0.25) is 0 Å². The predicted molar refractivity (Wildman–Crippen MR) is 81.0 cm³/mol. The van der Waals surface area contributed by atoms with Crippen LogP contribution in [0.3, 0.4) is 0 Å². The first-order valence-corrected chi connectivity index (χ1v) is 7.55. The normalized spacial score (nSPS) is 12.1. The molecule has 1 unspecified atom stereocenters. The minimum Gasteiger partial charge on any atom is -0.492 e. The van der Waals surface area contributed by atoms with E-state index >= 15 is 0 Å². The maximum absolute atomic E-state index is 11.4. The molecule has 2 aromatic rings. The van der Waals surface area contributed by atoms with E-state index in [-0.39, 0.29) is 0 Å². The van der Waals surface area contributed by atoms with E-state index in [1.54, 1.807) is 12.1 Å². The lowest BCUT2D eigenvalue weighted by Gasteiger charge is -2.12. The van der Waals surface area contributed by atoms with Crippen molar-refractivity contribution in [2.24, 2.45) is 0 Å². The van der Waals surface area contributed by atoms with Gasteiger partial charge >= 0.3 is 5.97 Å². The third-order valence-corrected chi connectivity index (χ3v) is 4.20. The van der Waals surface area contributed by atoms with E-state index < -0.39 is 11.9 Å². The summed E-state index contributed by atoms with van der Waals surface area (Å²) in [6.07, 6.45) is 0.419. The molecule has 0 radical (unpaired) electrons. The summed E-state index contributed by atoms with van der Waals surface area (Å²) in [7, 11) is 0. The van der Waals surface area contributed by atoms with Crippen molar-refractivity contribution < 1.29 is 14.6 Å². The highest BCUT2D eigenvalue weighted by Gasteiger charge is 2.21. The van der Waals surface area contributed by atoms with Gasteiger partial charge in [-0.05, 0) is 42.5 Å². The zero-order chi connectivity index (χ0) is 14.5. The molecule has 1 N–H and O–H groups in total. The lowest BCUT2D eigenvalue weighted by atomic mass is 9.98. The lowest BCUT2D eigenvalue weighted by molar-refractivity contribution is -0.138. The van der Waals surface area contributed by atoms with E-state index in [1.807, 2.05) is 30.5 Å². The topological polar surface area (TPSA) is 46.5 Å². The number of halogens is 1. The van der Waals surface area contributed by atoms with Gasteiger partial charge in [0.1, 0.15) is 5.75 Å². The molecule has 0 saturated carbocycles. The molecule has 20 heavy (non-hydrogen) atoms. The quantitative estimate of drug-likeness (QED) is 0.869. The number of benzene rings is 1. The molecule has 0 aliphatic carbocycles. The summed E-state index contributed by atoms with van der Waals surface area (Å²) in [6.45, 7) is 2.44. The number of rotatable bonds is 6. The number of carboxylic acid groups (broad SMARTS) is 1. The van der Waals surface area contributed by atoms with Crippen molar-refractivity contribution in [3.05, 3.63) is 51.2 Å². The molecule has 3 nitrogen and oxygen atoms in total. The van der Waals surface area contributed by atoms with Crippen LogP contribution in [-0.4, -0.2) is 17.7 Å². The number of thiophene rings is 1. The Morgan fingerprint density at radius 1 is 1.45 bits per heavy atom. The van der Waals surface area contributed by atoms with Gasteiger partial charge in [0, 0.05) is 4.88 Å². The first kappa shape index (κ1) is 14.9. The summed E-state index contributed by atoms with van der Waals surface area (Å²) in [5, 5.41) is 11.8. The molecule has 0 spiro atoms. The highest BCUT2D eigenvalue weighted by molar-refractivity contribution is 7.10. The number of hydrogen-bond donors (Lipinski definition) is 1. The largest absolute Gasteiger partial charge is 0.492 e. The predicted octanol–water partition coefficient (Wildman–Crippen LogP) is 4.21. The smallest absolute Gasteiger partial charge is 0.312 e. The molecular weight excluding hydrogens is 296 g/mol. The number of carbonyl (C=O) groups is 1. The molecule has 0 bridgehead atoms. The van der Waals surface area contributed by atoms with E-state index in [0.29, 0.717) is 23.8 Å². The molecule has 1 aromatic carbocycles. The van der Waals surface area contributed by atoms with Crippen molar-refractivity contribution in [1.82, 2.24) is 0 Å². The summed E-state index contributed by atoms with van der Waals surface area (Å²) in [6, 6.07) is 9.13. The highest BCUT2D eigenvalue weighted by Crippen LogP contribution is 2.30. The minimum absolute atomic E-state index is 0.419. The summed E-state index contributed by atoms with van der Waals surface area (Å²) in [4.78, 5) is 12.3. The van der Waals surface area contributed by atoms with Crippen LogP contribution in [0.25, 0.3) is 0 Å². The Balaban J connectivity index is 2.19. The van der Waals surface area contributed by atoms with Crippen LogP contribution in [0.1, 0.15) is 23.3 Å². The van der Waals surface area contributed by atoms with Gasteiger partial charge in [-0.25, -0.2) is 0 Å². The second-order valence-electron chi connectivity index (χ2n) is 4.31. The zero-order valence-electron chi connectivity index (χ0n) is 11.0. The molecule has 106 valence electrons. The molecule has 0 fully saturated rings. The van der Waals surface area contributed by atoms with Crippen LogP contribution in [0.2, 0.25) is 5.02 Å². The van der Waals surface area contributed by atoms with Crippen LogP contribution in [0.4, 0.5) is 0 Å². The van der Waals surface area contributed by atoms with Gasteiger partial charge in [-0.1, -0.05) is 23.7 Å². The van der Waals surface area contributed by atoms with Crippen molar-refractivity contribution in [2.45, 2.75) is 19.3 Å². The van der Waals surface area contributed by atoms with Crippen molar-refractivity contribution >= 4 is 28.9 Å². The standard InChI is InChI=1S/C15H15ClO3S/c1-2-19-13-6-5-10(9-12(13)16)8-11(15(17)18)14-4-3-7-20-14/h3-7,9,11H,2,8H2,1H3,(H,17,18). The molecule has 1 aromatic heterocycles. The van der Waals surface area contributed by atoms with Crippen molar-refractivity contribution in [1.29, 1.82) is 0 Å². The van der Waals surface area contributed by atoms with Crippen LogP contribution in [0.5, 0.6) is 5.75 Å². The fourth-order valence-corrected chi connectivity index (χ4v) is 3.06. The van der Waals surface area contributed by atoms with Crippen LogP contribution in [-0.2, 0) is 11.2 Å². The van der Waals surface area contributed by atoms with Gasteiger partial charge in [0.25, 0.3) is 0 Å². The van der Waals surface area contributed by atoms with Crippen LogP contribution in [0, 0.1) is 0 Å². The average Bonchev–Trinajstić information content (AvgIpc) is 2.92. The maximum Gasteiger partial charge on any atom is 0.312 e. The number of hydrogen-bond acceptors (Lipinski definition) is 3. The van der Waals surface area contributed by atoms with E-state index in [9.17, 15) is 9.90 Å². The fourth-order valence-electron chi connectivity index (χ4n) is 1.98. The molecule has 0 aliphatic heterocycles. The Bertz CT molecular complexity index is 581. The van der Waals surface area contributed by atoms with Crippen LogP contribution < -0.4 is 4.74 Å². The molecule has 2 rings (SSSR count). The van der Waals surface area contributed by atoms with Gasteiger partial charge in [-0.3, -0.25) is 4.79 Å². The third-order valence-electron chi connectivity index (χ3n) is 2.92. The van der Waals surface area contributed by atoms with E-state index in [1.165, 1.54) is 11.3 Å². The molecule has 0 saturated heterocycles. The monoisotopic (exact) mass is 310 g/mol. The van der Waals surface area contributed by atoms with E-state index in [4.69, 9.17) is 16.3 Å². The van der Waals surface area contributed by atoms with Crippen molar-refractivity contribution in [2.75, 3.05) is 6.61 Å². The van der Waals surface area contributed by atoms with E-state index in [0.717, 1.165) is 10.4 Å². The summed E-state index contributed by atoms with van der Waals surface area (Å²) >= 11 is 7.58. The Kier molecular flexibility index (Phi) is 5.04. The SMILES string of the molecule is CCOc1ccc(CC(C(=O)O)c2cccs2)cc1Cl. The second kappa shape index (κ2) is 6.77. The van der Waals surface area contributed by atoms with Crippen LogP contribution >= 0.6 is 22.9 Å². The summed E-state index contributed by atoms with van der Waals surface area (Å²) < 4.78 is 5.37. The Morgan fingerprint density at radius 3 is 2.80 bits per heavy atom. The number of ether oxygens (including phenoxy) is 1. The first-order chi connectivity index (χ1) is 9.61. The van der Waals surface area contributed by atoms with Crippen LogP contribution in [0.15, 0.2) is 35.7 Å². The van der Waals surface area contributed by atoms with Gasteiger partial charge in [-0.2, -0.15) is 0 Å². The maximum atomic E-state index is 11.4. The molecular formula is C15H15ClO3S. The lowest BCUT2D eigenvalue weighted by Crippen LogP contribution is -2.13. The Morgan fingerprint density at radius 2 is 2.25 bits per heavy atom. The highest BCUT2D eigenvalue weighted by atomic mass is 35.5. The summed E-state index contributed by atoms with van der Waals surface area (Å²) in [5.74, 6) is -0.734. The average molecular weight is 311 g/mol. The van der Waals surface area contributed by atoms with Gasteiger partial charge in [-0.15, -0.1) is 11.3 Å². The van der Waals surface area contributed by atoms with Gasteiger partial charge in [0.05, 0.1) is 17.5 Å². The molecule has 5 heteroatoms. The summed E-state index contributed by atoms with van der Waals surface area (Å²) in [5.41, 5.74) is 0.888. The zero-order valence-corrected chi connectivity index (χ0v) is 12.6. The minimum atomic E-state index is -0.822. The van der Waals surface area contributed by atoms with Gasteiger partial charge < -0.3 is 9.84 Å². The third kappa shape index (κ3) is 3.52. The number of aliphatic carboxylic acids is 1.